The molecule has 108 valence electrons. The second-order valence-electron chi connectivity index (χ2n) is 5.80. The first-order chi connectivity index (χ1) is 9.94. The minimum Gasteiger partial charge on any atom is -0.518 e. The molecule has 1 aromatic carbocycles. The topological polar surface area (TPSA) is 49.7 Å². The van der Waals surface area contributed by atoms with Crippen molar-refractivity contribution in [3.63, 3.8) is 0 Å². The van der Waals surface area contributed by atoms with Crippen molar-refractivity contribution in [2.24, 2.45) is 0 Å². The van der Waals surface area contributed by atoms with Gasteiger partial charge in [-0.05, 0) is 45.0 Å². The second kappa shape index (κ2) is 4.88. The molecule has 0 spiro atoms. The van der Waals surface area contributed by atoms with Crippen LogP contribution < -0.4 is 14.9 Å². The summed E-state index contributed by atoms with van der Waals surface area (Å²) in [5.41, 5.74) is 0.0411. The molecule has 21 heavy (non-hydrogen) atoms. The number of para-hydroxylation sites is 2. The van der Waals surface area contributed by atoms with Gasteiger partial charge in [0.15, 0.2) is 0 Å². The molecule has 2 heterocycles. The third kappa shape index (κ3) is 2.74. The molecule has 0 fully saturated rings. The lowest BCUT2D eigenvalue weighted by molar-refractivity contribution is 0.0541. The SMILES string of the molecule is CC(C)(C)OC(=O)n1cccc1B1Oc2ccccc2O1. The van der Waals surface area contributed by atoms with Crippen molar-refractivity contribution in [3.8, 4) is 11.5 Å². The fraction of sp³-hybridized carbons (Fsp3) is 0.267. The lowest BCUT2D eigenvalue weighted by Crippen LogP contribution is -2.46. The Morgan fingerprint density at radius 2 is 1.71 bits per heavy atom. The third-order valence-electron chi connectivity index (χ3n) is 2.93. The van der Waals surface area contributed by atoms with Crippen molar-refractivity contribution in [2.45, 2.75) is 26.4 Å². The van der Waals surface area contributed by atoms with Gasteiger partial charge in [-0.15, -0.1) is 0 Å². The molecule has 2 aromatic rings. The Kier molecular flexibility index (Phi) is 3.16. The summed E-state index contributed by atoms with van der Waals surface area (Å²) in [6.07, 6.45) is 1.18. The predicted octanol–water partition coefficient (Wildman–Crippen LogP) is 2.44. The van der Waals surface area contributed by atoms with Crippen LogP contribution in [-0.4, -0.2) is 23.4 Å². The molecule has 0 bridgehead atoms. The maximum Gasteiger partial charge on any atom is 0.651 e. The van der Waals surface area contributed by atoms with Crippen molar-refractivity contribution >= 4 is 18.8 Å². The first-order valence-electron chi connectivity index (χ1n) is 6.77. The number of rotatable bonds is 1. The molecule has 0 radical (unpaired) electrons. The van der Waals surface area contributed by atoms with Gasteiger partial charge in [-0.1, -0.05) is 12.1 Å². The first-order valence-corrected chi connectivity index (χ1v) is 6.77. The highest BCUT2D eigenvalue weighted by Gasteiger charge is 2.38. The van der Waals surface area contributed by atoms with Crippen LogP contribution in [0.25, 0.3) is 0 Å². The molecule has 0 N–H and O–H groups in total. The second-order valence-corrected chi connectivity index (χ2v) is 5.80. The molecule has 0 unspecified atom stereocenters. The zero-order chi connectivity index (χ0) is 15.0. The monoisotopic (exact) mass is 285 g/mol. The van der Waals surface area contributed by atoms with E-state index in [-0.39, 0.29) is 0 Å². The van der Waals surface area contributed by atoms with E-state index in [2.05, 4.69) is 0 Å². The minimum absolute atomic E-state index is 0.453. The molecule has 0 amide bonds. The first kappa shape index (κ1) is 13.6. The van der Waals surface area contributed by atoms with Crippen LogP contribution in [-0.2, 0) is 4.74 Å². The zero-order valence-corrected chi connectivity index (χ0v) is 12.2. The molecular formula is C15H16BNO4. The maximum atomic E-state index is 12.2. The van der Waals surface area contributed by atoms with Crippen LogP contribution in [0, 0.1) is 0 Å². The molecule has 0 saturated heterocycles. The predicted molar refractivity (Wildman–Crippen MR) is 79.2 cm³/mol. The van der Waals surface area contributed by atoms with Crippen LogP contribution in [0.2, 0.25) is 0 Å². The Balaban J connectivity index is 1.83. The van der Waals surface area contributed by atoms with Crippen LogP contribution in [0.1, 0.15) is 20.8 Å². The molecule has 5 nitrogen and oxygen atoms in total. The largest absolute Gasteiger partial charge is 0.651 e. The van der Waals surface area contributed by atoms with Gasteiger partial charge < -0.3 is 14.0 Å². The quantitative estimate of drug-likeness (QED) is 0.755. The number of hydrogen-bond donors (Lipinski definition) is 0. The van der Waals surface area contributed by atoms with E-state index in [9.17, 15) is 4.79 Å². The Labute approximate surface area is 123 Å². The molecule has 0 aliphatic carbocycles. The van der Waals surface area contributed by atoms with Crippen LogP contribution in [0.5, 0.6) is 11.5 Å². The highest BCUT2D eigenvalue weighted by Crippen LogP contribution is 2.32. The third-order valence-corrected chi connectivity index (χ3v) is 2.93. The number of fused-ring (bicyclic) bond motifs is 1. The highest BCUT2D eigenvalue weighted by atomic mass is 16.6. The number of carbonyl (C=O) groups excluding carboxylic acids is 1. The average molecular weight is 285 g/mol. The minimum atomic E-state index is -0.648. The van der Waals surface area contributed by atoms with Gasteiger partial charge in [0.25, 0.3) is 0 Å². The van der Waals surface area contributed by atoms with E-state index in [0.717, 1.165) is 0 Å². The van der Waals surface area contributed by atoms with E-state index in [1.54, 1.807) is 18.3 Å². The zero-order valence-electron chi connectivity index (χ0n) is 12.2. The normalized spacial score (nSPS) is 13.4. The fourth-order valence-corrected chi connectivity index (χ4v) is 2.08. The Hall–Kier alpha value is -2.37. The molecule has 0 saturated carbocycles. The van der Waals surface area contributed by atoms with E-state index in [0.29, 0.717) is 17.1 Å². The van der Waals surface area contributed by atoms with Gasteiger partial charge >= 0.3 is 13.2 Å². The number of carbonyl (C=O) groups is 1. The van der Waals surface area contributed by atoms with Crippen LogP contribution in [0.4, 0.5) is 4.79 Å². The number of ether oxygens (including phenoxy) is 1. The Morgan fingerprint density at radius 1 is 1.10 bits per heavy atom. The van der Waals surface area contributed by atoms with Crippen LogP contribution >= 0.6 is 0 Å². The van der Waals surface area contributed by atoms with Gasteiger partial charge in [0.1, 0.15) is 17.1 Å². The van der Waals surface area contributed by atoms with E-state index in [1.165, 1.54) is 4.57 Å². The summed E-state index contributed by atoms with van der Waals surface area (Å²) in [7, 11) is -0.648. The maximum absolute atomic E-state index is 12.2. The molecule has 0 atom stereocenters. The molecule has 1 aliphatic rings. The van der Waals surface area contributed by atoms with Crippen molar-refractivity contribution in [1.29, 1.82) is 0 Å². The van der Waals surface area contributed by atoms with Crippen molar-refractivity contribution < 1.29 is 18.8 Å². The van der Waals surface area contributed by atoms with Gasteiger partial charge in [-0.2, -0.15) is 0 Å². The summed E-state index contributed by atoms with van der Waals surface area (Å²) in [5, 5.41) is 0. The lowest BCUT2D eigenvalue weighted by Gasteiger charge is -2.20. The summed E-state index contributed by atoms with van der Waals surface area (Å²) in [6, 6.07) is 10.9. The summed E-state index contributed by atoms with van der Waals surface area (Å²) < 4.78 is 18.2. The van der Waals surface area contributed by atoms with Gasteiger partial charge in [0.05, 0.1) is 5.59 Å². The number of hydrogen-bond acceptors (Lipinski definition) is 4. The van der Waals surface area contributed by atoms with Gasteiger partial charge in [-0.3, -0.25) is 4.57 Å². The van der Waals surface area contributed by atoms with Crippen LogP contribution in [0.15, 0.2) is 42.6 Å². The Morgan fingerprint density at radius 3 is 2.29 bits per heavy atom. The molecule has 1 aliphatic heterocycles. The number of benzene rings is 1. The molecular weight excluding hydrogens is 269 g/mol. The van der Waals surface area contributed by atoms with Crippen LogP contribution in [0.3, 0.4) is 0 Å². The fourth-order valence-electron chi connectivity index (χ4n) is 2.08. The van der Waals surface area contributed by atoms with E-state index in [4.69, 9.17) is 14.0 Å². The summed E-state index contributed by atoms with van der Waals surface area (Å²) >= 11 is 0. The van der Waals surface area contributed by atoms with Gasteiger partial charge in [0, 0.05) is 6.20 Å². The number of aromatic nitrogens is 1. The summed E-state index contributed by atoms with van der Waals surface area (Å²) in [6.45, 7) is 5.48. The van der Waals surface area contributed by atoms with Crippen molar-refractivity contribution in [3.05, 3.63) is 42.6 Å². The summed E-state index contributed by atoms with van der Waals surface area (Å²) in [4.78, 5) is 12.2. The van der Waals surface area contributed by atoms with E-state index < -0.39 is 18.8 Å². The Bertz CT molecular complexity index is 649. The van der Waals surface area contributed by atoms with Gasteiger partial charge in [-0.25, -0.2) is 4.79 Å². The standard InChI is InChI=1S/C15H16BNO4/c1-15(2,3)19-14(18)17-10-6-9-13(17)16-20-11-7-4-5-8-12(11)21-16/h4-10H,1-3H3. The molecule has 1 aromatic heterocycles. The van der Waals surface area contributed by atoms with E-state index in [1.807, 2.05) is 45.0 Å². The molecule has 6 heteroatoms. The number of nitrogens with zero attached hydrogens (tertiary/aromatic N) is 1. The van der Waals surface area contributed by atoms with Gasteiger partial charge in [0.2, 0.25) is 0 Å². The lowest BCUT2D eigenvalue weighted by atomic mass is 9.85. The van der Waals surface area contributed by atoms with E-state index >= 15 is 0 Å². The highest BCUT2D eigenvalue weighted by molar-refractivity contribution is 6.63. The molecule has 3 rings (SSSR count). The average Bonchev–Trinajstić information content (AvgIpc) is 3.02. The summed E-state index contributed by atoms with van der Waals surface area (Å²) in [5.74, 6) is 1.33. The van der Waals surface area contributed by atoms with Crippen molar-refractivity contribution in [2.75, 3.05) is 0 Å². The smallest absolute Gasteiger partial charge is 0.518 e. The van der Waals surface area contributed by atoms with Crippen molar-refractivity contribution in [1.82, 2.24) is 4.57 Å².